The van der Waals surface area contributed by atoms with Crippen molar-refractivity contribution in [3.8, 4) is 0 Å². The van der Waals surface area contributed by atoms with E-state index in [2.05, 4.69) is 15.1 Å². The molecule has 1 aromatic carbocycles. The molecular formula is C18H19ClFN5O2. The van der Waals surface area contributed by atoms with Gasteiger partial charge >= 0.3 is 0 Å². The highest BCUT2D eigenvalue weighted by molar-refractivity contribution is 6.30. The molecule has 3 aromatic rings. The Morgan fingerprint density at radius 2 is 2.00 bits per heavy atom. The highest BCUT2D eigenvalue weighted by atomic mass is 35.5. The maximum Gasteiger partial charge on any atom is 0.183 e. The Hall–Kier alpha value is -2.42. The van der Waals surface area contributed by atoms with Gasteiger partial charge in [0.15, 0.2) is 5.49 Å². The fourth-order valence-corrected chi connectivity index (χ4v) is 4.01. The molecule has 1 fully saturated rings. The quantitative estimate of drug-likeness (QED) is 0.402. The topological polar surface area (TPSA) is 112 Å². The minimum absolute atomic E-state index is 0.265. The summed E-state index contributed by atoms with van der Waals surface area (Å²) in [6.45, 7) is 0. The second kappa shape index (κ2) is 6.95. The fraction of sp³-hybridized carbons (Fsp3) is 0.333. The van der Waals surface area contributed by atoms with Crippen molar-refractivity contribution >= 4 is 22.6 Å². The van der Waals surface area contributed by atoms with Crippen LogP contribution >= 0.6 is 11.6 Å². The smallest absolute Gasteiger partial charge is 0.183 e. The minimum Gasteiger partial charge on any atom is -0.390 e. The molecule has 0 bridgehead atoms. The molecule has 1 saturated carbocycles. The number of aromatic amines is 1. The molecule has 27 heavy (non-hydrogen) atoms. The van der Waals surface area contributed by atoms with Gasteiger partial charge in [0.25, 0.3) is 0 Å². The number of halogens is 2. The van der Waals surface area contributed by atoms with Gasteiger partial charge in [0.05, 0.1) is 23.9 Å². The zero-order valence-electron chi connectivity index (χ0n) is 14.2. The molecule has 0 saturated heterocycles. The molecule has 5 N–H and O–H groups in total. The highest BCUT2D eigenvalue weighted by Crippen LogP contribution is 2.44. The van der Waals surface area contributed by atoms with Gasteiger partial charge in [-0.05, 0) is 30.2 Å². The molecule has 9 heteroatoms. The molecule has 2 heterocycles. The molecule has 1 aliphatic rings. The normalized spacial score (nSPS) is 27.3. The van der Waals surface area contributed by atoms with Crippen LogP contribution in [0.25, 0.3) is 11.0 Å². The number of nitrogens with one attached hydrogen (secondary N) is 1. The average molecular weight is 392 g/mol. The van der Waals surface area contributed by atoms with E-state index in [1.54, 1.807) is 41.1 Å². The van der Waals surface area contributed by atoms with E-state index in [1.165, 1.54) is 6.33 Å². The summed E-state index contributed by atoms with van der Waals surface area (Å²) in [5.74, 6) is 4.61. The standard InChI is InChI=1S/C18H19ClFN5O2/c19-10-3-1-9(2-4-10)14(20)12-7-13(16(27)15(12)26)25-6-5-11-17(24-21)22-8-23-18(11)25/h1-6,8,12-16,26-27H,7,21H2,(H,22,23,24)/t12-,13-,14?,15-,16+/m1/s1. The lowest BCUT2D eigenvalue weighted by Crippen LogP contribution is -2.30. The molecule has 0 spiro atoms. The van der Waals surface area contributed by atoms with E-state index in [9.17, 15) is 10.2 Å². The second-order valence-electron chi connectivity index (χ2n) is 6.74. The first-order valence-corrected chi connectivity index (χ1v) is 8.93. The summed E-state index contributed by atoms with van der Waals surface area (Å²) < 4.78 is 16.8. The molecule has 1 aliphatic carbocycles. The van der Waals surface area contributed by atoms with Gasteiger partial charge < -0.3 is 25.6 Å². The van der Waals surface area contributed by atoms with Crippen molar-refractivity contribution in [3.63, 3.8) is 0 Å². The van der Waals surface area contributed by atoms with Crippen LogP contribution in [0.4, 0.5) is 4.39 Å². The van der Waals surface area contributed by atoms with Gasteiger partial charge in [-0.25, -0.2) is 9.37 Å². The number of hydrogen-bond acceptors (Lipinski definition) is 5. The van der Waals surface area contributed by atoms with Gasteiger partial charge in [-0.1, -0.05) is 23.7 Å². The third-order valence-corrected chi connectivity index (χ3v) is 5.54. The van der Waals surface area contributed by atoms with Crippen LogP contribution in [0.15, 0.2) is 48.0 Å². The minimum atomic E-state index is -1.42. The van der Waals surface area contributed by atoms with Gasteiger partial charge in [0.2, 0.25) is 0 Å². The first-order chi connectivity index (χ1) is 13.0. The zero-order valence-corrected chi connectivity index (χ0v) is 15.0. The maximum atomic E-state index is 15.1. The molecule has 7 nitrogen and oxygen atoms in total. The van der Waals surface area contributed by atoms with Gasteiger partial charge in [-0.3, -0.25) is 0 Å². The lowest BCUT2D eigenvalue weighted by molar-refractivity contribution is -0.00971. The Morgan fingerprint density at radius 1 is 1.26 bits per heavy atom. The molecule has 0 radical (unpaired) electrons. The molecule has 2 aromatic heterocycles. The van der Waals surface area contributed by atoms with Crippen molar-refractivity contribution in [2.24, 2.45) is 16.9 Å². The van der Waals surface area contributed by atoms with Crippen molar-refractivity contribution in [2.45, 2.75) is 30.8 Å². The average Bonchev–Trinajstić information content (AvgIpc) is 3.23. The number of aliphatic hydroxyl groups is 2. The van der Waals surface area contributed by atoms with Gasteiger partial charge in [0, 0.05) is 17.1 Å². The van der Waals surface area contributed by atoms with Crippen molar-refractivity contribution in [3.05, 3.63) is 58.9 Å². The fourth-order valence-electron chi connectivity index (χ4n) is 3.89. The Balaban J connectivity index is 1.67. The largest absolute Gasteiger partial charge is 0.390 e. The number of aliphatic hydroxyl groups excluding tert-OH is 2. The molecule has 0 amide bonds. The van der Waals surface area contributed by atoms with Crippen molar-refractivity contribution < 1.29 is 14.6 Å². The van der Waals surface area contributed by atoms with Crippen LogP contribution in [0, 0.1) is 5.92 Å². The predicted molar refractivity (Wildman–Crippen MR) is 98.3 cm³/mol. The van der Waals surface area contributed by atoms with Gasteiger partial charge in [0.1, 0.15) is 17.9 Å². The molecule has 4 rings (SSSR count). The summed E-state index contributed by atoms with van der Waals surface area (Å²) in [6, 6.07) is 7.68. The van der Waals surface area contributed by atoms with E-state index in [4.69, 9.17) is 17.4 Å². The van der Waals surface area contributed by atoms with Crippen molar-refractivity contribution in [1.29, 1.82) is 0 Å². The molecule has 5 atom stereocenters. The Kier molecular flexibility index (Phi) is 4.63. The summed E-state index contributed by atoms with van der Waals surface area (Å²) >= 11 is 5.86. The summed E-state index contributed by atoms with van der Waals surface area (Å²) in [6.07, 6.45) is -0.267. The first kappa shape index (κ1) is 18.0. The summed E-state index contributed by atoms with van der Waals surface area (Å²) in [5.41, 5.74) is 1.43. The number of nitrogens with two attached hydrogens (primary N) is 1. The number of nitrogens with zero attached hydrogens (tertiary/aromatic N) is 3. The monoisotopic (exact) mass is 391 g/mol. The number of alkyl halides is 1. The molecule has 0 aliphatic heterocycles. The lowest BCUT2D eigenvalue weighted by atomic mass is 9.93. The van der Waals surface area contributed by atoms with Gasteiger partial charge in [-0.15, -0.1) is 0 Å². The predicted octanol–water partition coefficient (Wildman–Crippen LogP) is 1.79. The summed E-state index contributed by atoms with van der Waals surface area (Å²) in [4.78, 5) is 7.05. The van der Waals surface area contributed by atoms with E-state index in [0.29, 0.717) is 27.1 Å². The molecule has 142 valence electrons. The zero-order chi connectivity index (χ0) is 19.1. The van der Waals surface area contributed by atoms with Crippen molar-refractivity contribution in [2.75, 3.05) is 0 Å². The Labute approximate surface area is 158 Å². The van der Waals surface area contributed by atoms with E-state index in [1.807, 2.05) is 0 Å². The first-order valence-electron chi connectivity index (χ1n) is 8.55. The highest BCUT2D eigenvalue weighted by Gasteiger charge is 2.46. The number of rotatable bonds is 3. The van der Waals surface area contributed by atoms with E-state index in [0.717, 1.165) is 0 Å². The van der Waals surface area contributed by atoms with Crippen LogP contribution < -0.4 is 11.3 Å². The maximum absolute atomic E-state index is 15.1. The number of hydrogen-bond donors (Lipinski definition) is 4. The van der Waals surface area contributed by atoms with E-state index < -0.39 is 30.3 Å². The SMILES string of the molecule is N/N=c1/nc[nH]c2c1ccn2[C@@H]1C[C@H](C(F)c2ccc(Cl)cc2)[C@@H](O)[C@H]1O. The van der Waals surface area contributed by atoms with Crippen LogP contribution in [0.5, 0.6) is 0 Å². The number of H-pyrrole nitrogens is 1. The van der Waals surface area contributed by atoms with Crippen LogP contribution in [-0.2, 0) is 0 Å². The second-order valence-corrected chi connectivity index (χ2v) is 7.18. The Bertz CT molecular complexity index is 1020. The van der Waals surface area contributed by atoms with Crippen molar-refractivity contribution in [1.82, 2.24) is 14.5 Å². The summed E-state index contributed by atoms with van der Waals surface area (Å²) in [5, 5.41) is 25.9. The Morgan fingerprint density at radius 3 is 2.70 bits per heavy atom. The number of aromatic nitrogens is 3. The van der Waals surface area contributed by atoms with Gasteiger partial charge in [-0.2, -0.15) is 5.10 Å². The van der Waals surface area contributed by atoms with E-state index in [-0.39, 0.29) is 6.42 Å². The molecular weight excluding hydrogens is 373 g/mol. The van der Waals surface area contributed by atoms with Crippen LogP contribution in [0.2, 0.25) is 5.02 Å². The summed E-state index contributed by atoms with van der Waals surface area (Å²) in [7, 11) is 0. The lowest BCUT2D eigenvalue weighted by Gasteiger charge is -2.20. The molecule has 1 unspecified atom stereocenters. The van der Waals surface area contributed by atoms with Crippen LogP contribution in [0.3, 0.4) is 0 Å². The third kappa shape index (κ3) is 2.99. The number of benzene rings is 1. The van der Waals surface area contributed by atoms with Crippen LogP contribution in [-0.4, -0.2) is 37.0 Å². The number of fused-ring (bicyclic) bond motifs is 1. The van der Waals surface area contributed by atoms with Crippen LogP contribution in [0.1, 0.15) is 24.2 Å². The third-order valence-electron chi connectivity index (χ3n) is 5.28. The van der Waals surface area contributed by atoms with E-state index >= 15 is 4.39 Å².